The van der Waals surface area contributed by atoms with Crippen molar-refractivity contribution in [1.82, 2.24) is 4.98 Å². The zero-order valence-corrected chi connectivity index (χ0v) is 9.18. The molecule has 1 atom stereocenters. The Labute approximate surface area is 93.4 Å². The minimum atomic E-state index is -2.27. The van der Waals surface area contributed by atoms with Crippen molar-refractivity contribution in [3.05, 3.63) is 36.5 Å². The van der Waals surface area contributed by atoms with Crippen LogP contribution in [0.3, 0.4) is 0 Å². The van der Waals surface area contributed by atoms with Crippen LogP contribution >= 0.6 is 11.3 Å². The smallest absolute Gasteiger partial charge is 0.0998 e. The van der Waals surface area contributed by atoms with Crippen LogP contribution in [0, 0.1) is 0 Å². The Kier molecular flexibility index (Phi) is 3.10. The van der Waals surface area contributed by atoms with Crippen molar-refractivity contribution in [2.75, 3.05) is 4.72 Å². The Morgan fingerprint density at radius 1 is 1.33 bits per heavy atom. The topological polar surface area (TPSA) is 65.0 Å². The lowest BCUT2D eigenvalue weighted by molar-refractivity contribution is 0.543. The van der Waals surface area contributed by atoms with Crippen molar-refractivity contribution in [3.63, 3.8) is 0 Å². The molecule has 0 spiro atoms. The molecule has 1 N–H and O–H groups in total. The van der Waals surface area contributed by atoms with Crippen LogP contribution in [0.5, 0.6) is 0 Å². The number of nitrogens with zero attached hydrogens (tertiary/aromatic N) is 1. The van der Waals surface area contributed by atoms with Crippen molar-refractivity contribution < 1.29 is 8.76 Å². The molecule has 0 aliphatic carbocycles. The number of hydrogen-bond acceptors (Lipinski definition) is 4. The van der Waals surface area contributed by atoms with Crippen molar-refractivity contribution in [1.29, 1.82) is 0 Å². The van der Waals surface area contributed by atoms with Gasteiger partial charge >= 0.3 is 0 Å². The summed E-state index contributed by atoms with van der Waals surface area (Å²) in [6, 6.07) is 9.15. The predicted molar refractivity (Wildman–Crippen MR) is 60.1 cm³/mol. The average Bonchev–Trinajstić information content (AvgIpc) is 2.67. The van der Waals surface area contributed by atoms with E-state index in [0.29, 0.717) is 5.00 Å². The molecule has 2 aromatic rings. The van der Waals surface area contributed by atoms with E-state index in [9.17, 15) is 8.76 Å². The van der Waals surface area contributed by atoms with Crippen LogP contribution in [0.25, 0.3) is 10.6 Å². The van der Waals surface area contributed by atoms with Crippen LogP contribution in [-0.2, 0) is 11.3 Å². The lowest BCUT2D eigenvalue weighted by Crippen LogP contribution is -1.99. The number of rotatable bonds is 3. The Morgan fingerprint density at radius 3 is 2.87 bits per heavy atom. The van der Waals surface area contributed by atoms with Crippen LogP contribution < -0.4 is 4.72 Å². The second-order valence-electron chi connectivity index (χ2n) is 2.72. The minimum absolute atomic E-state index is 0.587. The number of nitrogens with one attached hydrogen (secondary N) is 1. The number of hydrogen-bond donors (Lipinski definition) is 1. The van der Waals surface area contributed by atoms with Crippen LogP contribution in [0.4, 0.5) is 5.00 Å². The lowest BCUT2D eigenvalue weighted by Gasteiger charge is -2.04. The van der Waals surface area contributed by atoms with Crippen molar-refractivity contribution in [2.45, 2.75) is 0 Å². The third-order valence-electron chi connectivity index (χ3n) is 1.71. The Morgan fingerprint density at radius 2 is 2.20 bits per heavy atom. The molecule has 2 heterocycles. The molecule has 6 heteroatoms. The first-order valence-corrected chi connectivity index (χ1v) is 6.02. The molecule has 15 heavy (non-hydrogen) atoms. The van der Waals surface area contributed by atoms with E-state index in [4.69, 9.17) is 0 Å². The summed E-state index contributed by atoms with van der Waals surface area (Å²) >= 11 is -0.922. The van der Waals surface area contributed by atoms with Gasteiger partial charge in [-0.3, -0.25) is 9.19 Å². The molecule has 0 saturated heterocycles. The quantitative estimate of drug-likeness (QED) is 0.833. The molecule has 0 saturated carbocycles. The Hall–Kier alpha value is -1.24. The van der Waals surface area contributed by atoms with Crippen molar-refractivity contribution >= 4 is 27.6 Å². The van der Waals surface area contributed by atoms with E-state index in [2.05, 4.69) is 9.71 Å². The van der Waals surface area contributed by atoms with E-state index in [1.54, 1.807) is 12.3 Å². The SMILES string of the molecule is O=S([O-])Nc1ccc(-c2ccccn2)s1. The fourth-order valence-electron chi connectivity index (χ4n) is 1.12. The summed E-state index contributed by atoms with van der Waals surface area (Å²) < 4.78 is 23.1. The van der Waals surface area contributed by atoms with Gasteiger partial charge in [-0.15, -0.1) is 11.3 Å². The van der Waals surface area contributed by atoms with Gasteiger partial charge in [-0.05, 0) is 24.3 Å². The molecule has 0 radical (unpaired) electrons. The number of anilines is 1. The normalized spacial score (nSPS) is 12.3. The van der Waals surface area contributed by atoms with Gasteiger partial charge in [0.05, 0.1) is 15.6 Å². The van der Waals surface area contributed by atoms with E-state index in [-0.39, 0.29) is 0 Å². The van der Waals surface area contributed by atoms with Crippen LogP contribution in [0.15, 0.2) is 36.5 Å². The molecular formula is C9H7N2O2S2-. The maximum atomic E-state index is 10.4. The lowest BCUT2D eigenvalue weighted by atomic mass is 10.3. The number of thiophene rings is 1. The highest BCUT2D eigenvalue weighted by Gasteiger charge is 2.02. The maximum Gasteiger partial charge on any atom is 0.0998 e. The first-order chi connectivity index (χ1) is 7.25. The Bertz CT molecular complexity index is 470. The molecule has 1 unspecified atom stereocenters. The monoisotopic (exact) mass is 239 g/mol. The number of aromatic nitrogens is 1. The maximum absolute atomic E-state index is 10.4. The van der Waals surface area contributed by atoms with Gasteiger partial charge < -0.3 is 9.27 Å². The Balaban J connectivity index is 2.24. The van der Waals surface area contributed by atoms with Gasteiger partial charge in [-0.2, -0.15) is 0 Å². The highest BCUT2D eigenvalue weighted by atomic mass is 32.2. The molecular weight excluding hydrogens is 232 g/mol. The summed E-state index contributed by atoms with van der Waals surface area (Å²) in [6.45, 7) is 0. The molecule has 0 aliphatic rings. The molecule has 2 aromatic heterocycles. The highest BCUT2D eigenvalue weighted by molar-refractivity contribution is 7.80. The second-order valence-corrected chi connectivity index (χ2v) is 4.47. The summed E-state index contributed by atoms with van der Waals surface area (Å²) in [4.78, 5) is 5.10. The third-order valence-corrected chi connectivity index (χ3v) is 3.25. The third kappa shape index (κ3) is 2.62. The van der Waals surface area contributed by atoms with Crippen molar-refractivity contribution in [2.24, 2.45) is 0 Å². The fraction of sp³-hybridized carbons (Fsp3) is 0. The summed E-state index contributed by atoms with van der Waals surface area (Å²) in [7, 11) is 0. The van der Waals surface area contributed by atoms with Gasteiger partial charge in [-0.1, -0.05) is 6.07 Å². The zero-order chi connectivity index (χ0) is 10.7. The molecule has 78 valence electrons. The fourth-order valence-corrected chi connectivity index (χ4v) is 2.46. The van der Waals surface area contributed by atoms with E-state index in [1.165, 1.54) is 11.3 Å². The average molecular weight is 239 g/mol. The van der Waals surface area contributed by atoms with E-state index in [1.807, 2.05) is 24.3 Å². The van der Waals surface area contributed by atoms with Gasteiger partial charge in [0.1, 0.15) is 0 Å². The highest BCUT2D eigenvalue weighted by Crippen LogP contribution is 2.29. The van der Waals surface area contributed by atoms with Gasteiger partial charge in [-0.25, -0.2) is 0 Å². The molecule has 0 fully saturated rings. The molecule has 2 rings (SSSR count). The van der Waals surface area contributed by atoms with Gasteiger partial charge in [0.25, 0.3) is 0 Å². The first kappa shape index (κ1) is 10.3. The molecule has 0 amide bonds. The van der Waals surface area contributed by atoms with Crippen LogP contribution in [0.1, 0.15) is 0 Å². The van der Waals surface area contributed by atoms with Gasteiger partial charge in [0, 0.05) is 17.5 Å². The van der Waals surface area contributed by atoms with Crippen molar-refractivity contribution in [3.8, 4) is 10.6 Å². The minimum Gasteiger partial charge on any atom is -0.755 e. The van der Waals surface area contributed by atoms with E-state index in [0.717, 1.165) is 10.6 Å². The first-order valence-electron chi connectivity index (χ1n) is 4.13. The summed E-state index contributed by atoms with van der Waals surface area (Å²) in [5.74, 6) is 0. The summed E-state index contributed by atoms with van der Waals surface area (Å²) in [6.07, 6.45) is 1.70. The van der Waals surface area contributed by atoms with E-state index >= 15 is 0 Å². The van der Waals surface area contributed by atoms with Gasteiger partial charge in [0.15, 0.2) is 0 Å². The summed E-state index contributed by atoms with van der Waals surface area (Å²) in [5, 5.41) is 0.587. The zero-order valence-electron chi connectivity index (χ0n) is 7.54. The van der Waals surface area contributed by atoms with Gasteiger partial charge in [0.2, 0.25) is 0 Å². The molecule has 0 aliphatic heterocycles. The number of pyridine rings is 1. The standard InChI is InChI=1S/C9H8N2O2S2/c12-15(13)11-9-5-4-8(14-9)7-3-1-2-6-10-7/h1-6,11H,(H,12,13)/p-1. The van der Waals surface area contributed by atoms with Crippen LogP contribution in [-0.4, -0.2) is 13.7 Å². The summed E-state index contributed by atoms with van der Waals surface area (Å²) in [5.41, 5.74) is 0.840. The molecule has 0 aromatic carbocycles. The van der Waals surface area contributed by atoms with Crippen LogP contribution in [0.2, 0.25) is 0 Å². The second kappa shape index (κ2) is 4.52. The predicted octanol–water partition coefficient (Wildman–Crippen LogP) is 2.02. The largest absolute Gasteiger partial charge is 0.755 e. The molecule has 0 bridgehead atoms. The molecule has 4 nitrogen and oxygen atoms in total. The van der Waals surface area contributed by atoms with E-state index < -0.39 is 11.3 Å².